The highest BCUT2D eigenvalue weighted by molar-refractivity contribution is 5.93. The predicted octanol–water partition coefficient (Wildman–Crippen LogP) is 4.77. The number of hydrogen-bond donors (Lipinski definition) is 1. The first-order valence-electron chi connectivity index (χ1n) is 9.88. The Labute approximate surface area is 171 Å². The van der Waals surface area contributed by atoms with Crippen molar-refractivity contribution < 1.29 is 9.53 Å². The average molecular weight is 390 g/mol. The Bertz CT molecular complexity index is 939. The third kappa shape index (κ3) is 5.10. The molecule has 29 heavy (non-hydrogen) atoms. The SMILES string of the molecule is CCOc1ccc(Nc2cc(C(=O)N(CC)CC)nc(-c3ccccc3)n2)cc1. The largest absolute Gasteiger partial charge is 0.494 e. The minimum atomic E-state index is -0.107. The van der Waals surface area contributed by atoms with Crippen LogP contribution < -0.4 is 10.1 Å². The van der Waals surface area contributed by atoms with Crippen LogP contribution in [0, 0.1) is 0 Å². The maximum absolute atomic E-state index is 12.9. The first kappa shape index (κ1) is 20.3. The zero-order chi connectivity index (χ0) is 20.6. The van der Waals surface area contributed by atoms with Crippen LogP contribution >= 0.6 is 0 Å². The van der Waals surface area contributed by atoms with Crippen molar-refractivity contribution in [2.75, 3.05) is 25.0 Å². The van der Waals surface area contributed by atoms with Gasteiger partial charge < -0.3 is 15.0 Å². The fourth-order valence-corrected chi connectivity index (χ4v) is 2.96. The fourth-order valence-electron chi connectivity index (χ4n) is 2.96. The minimum absolute atomic E-state index is 0.107. The lowest BCUT2D eigenvalue weighted by atomic mass is 10.2. The Morgan fingerprint density at radius 1 is 0.966 bits per heavy atom. The van der Waals surface area contributed by atoms with Crippen molar-refractivity contribution in [3.63, 3.8) is 0 Å². The van der Waals surface area contributed by atoms with Gasteiger partial charge in [-0.3, -0.25) is 4.79 Å². The summed E-state index contributed by atoms with van der Waals surface area (Å²) in [6.07, 6.45) is 0. The number of nitrogens with one attached hydrogen (secondary N) is 1. The highest BCUT2D eigenvalue weighted by atomic mass is 16.5. The predicted molar refractivity (Wildman–Crippen MR) is 116 cm³/mol. The lowest BCUT2D eigenvalue weighted by molar-refractivity contribution is 0.0767. The van der Waals surface area contributed by atoms with E-state index in [2.05, 4.69) is 15.3 Å². The van der Waals surface area contributed by atoms with Crippen LogP contribution in [-0.2, 0) is 0 Å². The van der Waals surface area contributed by atoms with E-state index in [1.807, 2.05) is 75.4 Å². The third-order valence-corrected chi connectivity index (χ3v) is 4.47. The molecule has 3 rings (SSSR count). The van der Waals surface area contributed by atoms with Gasteiger partial charge in [0.15, 0.2) is 5.82 Å². The van der Waals surface area contributed by atoms with Gasteiger partial charge >= 0.3 is 0 Å². The maximum Gasteiger partial charge on any atom is 0.272 e. The Kier molecular flexibility index (Phi) is 6.79. The van der Waals surface area contributed by atoms with Gasteiger partial charge in [-0.1, -0.05) is 30.3 Å². The number of hydrogen-bond acceptors (Lipinski definition) is 5. The number of benzene rings is 2. The van der Waals surface area contributed by atoms with Gasteiger partial charge in [0, 0.05) is 30.4 Å². The lowest BCUT2D eigenvalue weighted by Crippen LogP contribution is -2.31. The van der Waals surface area contributed by atoms with Crippen LogP contribution in [-0.4, -0.2) is 40.5 Å². The summed E-state index contributed by atoms with van der Waals surface area (Å²) < 4.78 is 5.49. The van der Waals surface area contributed by atoms with Crippen molar-refractivity contribution in [3.05, 3.63) is 66.4 Å². The number of amides is 1. The van der Waals surface area contributed by atoms with Crippen LogP contribution in [0.2, 0.25) is 0 Å². The summed E-state index contributed by atoms with van der Waals surface area (Å²) in [6, 6.07) is 19.0. The van der Waals surface area contributed by atoms with E-state index < -0.39 is 0 Å². The zero-order valence-electron chi connectivity index (χ0n) is 17.1. The fraction of sp³-hybridized carbons (Fsp3) is 0.261. The Morgan fingerprint density at radius 3 is 2.28 bits per heavy atom. The number of nitrogens with zero attached hydrogens (tertiary/aromatic N) is 3. The molecule has 0 aliphatic heterocycles. The molecule has 6 heteroatoms. The Hall–Kier alpha value is -3.41. The van der Waals surface area contributed by atoms with E-state index in [0.29, 0.717) is 37.0 Å². The molecule has 3 aromatic rings. The number of carbonyl (C=O) groups is 1. The second-order valence-corrected chi connectivity index (χ2v) is 6.39. The molecule has 0 radical (unpaired) electrons. The van der Waals surface area contributed by atoms with Crippen molar-refractivity contribution >= 4 is 17.4 Å². The molecule has 0 saturated heterocycles. The van der Waals surface area contributed by atoms with Gasteiger partial charge in [0.2, 0.25) is 0 Å². The first-order valence-corrected chi connectivity index (χ1v) is 9.88. The Morgan fingerprint density at radius 2 is 1.66 bits per heavy atom. The van der Waals surface area contributed by atoms with Crippen molar-refractivity contribution in [1.82, 2.24) is 14.9 Å². The van der Waals surface area contributed by atoms with Crippen molar-refractivity contribution in [2.24, 2.45) is 0 Å². The molecule has 0 aliphatic carbocycles. The summed E-state index contributed by atoms with van der Waals surface area (Å²) in [6.45, 7) is 7.74. The zero-order valence-corrected chi connectivity index (χ0v) is 17.1. The Balaban J connectivity index is 1.96. The molecule has 6 nitrogen and oxygen atoms in total. The lowest BCUT2D eigenvalue weighted by Gasteiger charge is -2.19. The number of anilines is 2. The normalized spacial score (nSPS) is 10.4. The van der Waals surface area contributed by atoms with Crippen LogP contribution in [0.5, 0.6) is 5.75 Å². The summed E-state index contributed by atoms with van der Waals surface area (Å²) in [5, 5.41) is 3.28. The van der Waals surface area contributed by atoms with E-state index >= 15 is 0 Å². The van der Waals surface area contributed by atoms with Gasteiger partial charge in [-0.2, -0.15) is 0 Å². The molecule has 1 heterocycles. The molecule has 0 unspecified atom stereocenters. The highest BCUT2D eigenvalue weighted by Gasteiger charge is 2.17. The molecule has 1 aromatic heterocycles. The van der Waals surface area contributed by atoms with Crippen molar-refractivity contribution in [1.29, 1.82) is 0 Å². The summed E-state index contributed by atoms with van der Waals surface area (Å²) in [5.74, 6) is 1.78. The summed E-state index contributed by atoms with van der Waals surface area (Å²) in [4.78, 5) is 23.8. The molecule has 1 N–H and O–H groups in total. The number of ether oxygens (including phenoxy) is 1. The highest BCUT2D eigenvalue weighted by Crippen LogP contribution is 2.23. The monoisotopic (exact) mass is 390 g/mol. The molecule has 2 aromatic carbocycles. The number of aromatic nitrogens is 2. The summed E-state index contributed by atoms with van der Waals surface area (Å²) in [5.41, 5.74) is 2.08. The van der Waals surface area contributed by atoms with Crippen LogP contribution in [0.25, 0.3) is 11.4 Å². The van der Waals surface area contributed by atoms with Crippen LogP contribution in [0.15, 0.2) is 60.7 Å². The molecule has 1 amide bonds. The van der Waals surface area contributed by atoms with Gasteiger partial charge in [0.05, 0.1) is 6.61 Å². The van der Waals surface area contributed by atoms with E-state index in [-0.39, 0.29) is 5.91 Å². The van der Waals surface area contributed by atoms with Gasteiger partial charge in [-0.15, -0.1) is 0 Å². The smallest absolute Gasteiger partial charge is 0.272 e. The topological polar surface area (TPSA) is 67.3 Å². The molecule has 0 bridgehead atoms. The van der Waals surface area contributed by atoms with E-state index in [4.69, 9.17) is 4.74 Å². The summed E-state index contributed by atoms with van der Waals surface area (Å²) in [7, 11) is 0. The molecule has 0 aliphatic rings. The standard InChI is InChI=1S/C23H26N4O2/c1-4-27(5-2)23(28)20-16-21(24-18-12-14-19(15-13-18)29-6-3)26-22(25-20)17-10-8-7-9-11-17/h7-16H,4-6H2,1-3H3,(H,24,25,26). The van der Waals surface area contributed by atoms with Crippen molar-refractivity contribution in [2.45, 2.75) is 20.8 Å². The number of rotatable bonds is 8. The van der Waals surface area contributed by atoms with E-state index in [1.54, 1.807) is 11.0 Å². The molecule has 0 fully saturated rings. The third-order valence-electron chi connectivity index (χ3n) is 4.47. The van der Waals surface area contributed by atoms with E-state index in [9.17, 15) is 4.79 Å². The van der Waals surface area contributed by atoms with E-state index in [0.717, 1.165) is 17.0 Å². The quantitative estimate of drug-likeness (QED) is 0.600. The second-order valence-electron chi connectivity index (χ2n) is 6.39. The molecule has 0 spiro atoms. The van der Waals surface area contributed by atoms with Crippen LogP contribution in [0.4, 0.5) is 11.5 Å². The number of carbonyl (C=O) groups excluding carboxylic acids is 1. The molecular formula is C23H26N4O2. The van der Waals surface area contributed by atoms with Gasteiger partial charge in [0.25, 0.3) is 5.91 Å². The minimum Gasteiger partial charge on any atom is -0.494 e. The second kappa shape index (κ2) is 9.68. The summed E-state index contributed by atoms with van der Waals surface area (Å²) >= 11 is 0. The first-order chi connectivity index (χ1) is 14.1. The van der Waals surface area contributed by atoms with Gasteiger partial charge in [0.1, 0.15) is 17.3 Å². The maximum atomic E-state index is 12.9. The molecular weight excluding hydrogens is 364 g/mol. The van der Waals surface area contributed by atoms with Crippen LogP contribution in [0.3, 0.4) is 0 Å². The molecule has 0 atom stereocenters. The van der Waals surface area contributed by atoms with Gasteiger partial charge in [-0.25, -0.2) is 9.97 Å². The average Bonchev–Trinajstić information content (AvgIpc) is 2.76. The van der Waals surface area contributed by atoms with Gasteiger partial charge in [-0.05, 0) is 45.0 Å². The van der Waals surface area contributed by atoms with Crippen molar-refractivity contribution in [3.8, 4) is 17.1 Å². The van der Waals surface area contributed by atoms with E-state index in [1.165, 1.54) is 0 Å². The molecule has 150 valence electrons. The van der Waals surface area contributed by atoms with Crippen LogP contribution in [0.1, 0.15) is 31.3 Å². The molecule has 0 saturated carbocycles.